The minimum absolute atomic E-state index is 0.0259. The Morgan fingerprint density at radius 2 is 1.84 bits per heavy atom. The number of halogens is 2. The van der Waals surface area contributed by atoms with Crippen LogP contribution < -0.4 is 0 Å². The molecule has 0 amide bonds. The molecule has 0 aliphatic heterocycles. The zero-order valence-corrected chi connectivity index (χ0v) is 15.5. The van der Waals surface area contributed by atoms with Crippen LogP contribution in [0.25, 0.3) is 0 Å². The Bertz CT molecular complexity index is 840. The molecule has 0 bridgehead atoms. The lowest BCUT2D eigenvalue weighted by molar-refractivity contribution is 0.404. The Morgan fingerprint density at radius 3 is 2.56 bits per heavy atom. The average molecular weight is 377 g/mol. The van der Waals surface area contributed by atoms with Gasteiger partial charge < -0.3 is 4.42 Å². The Hall–Kier alpha value is -1.85. The smallest absolute Gasteiger partial charge is 0.277 e. The van der Waals surface area contributed by atoms with Crippen molar-refractivity contribution in [3.05, 3.63) is 76.4 Å². The van der Waals surface area contributed by atoms with Gasteiger partial charge in [0.25, 0.3) is 5.22 Å². The van der Waals surface area contributed by atoms with E-state index < -0.39 is 5.82 Å². The predicted octanol–water partition coefficient (Wildman–Crippen LogP) is 6.06. The number of hydrogen-bond donors (Lipinski definition) is 0. The molecule has 2 aromatic carbocycles. The highest BCUT2D eigenvalue weighted by molar-refractivity contribution is 7.99. The second-order valence-corrected chi connectivity index (χ2v) is 7.61. The lowest BCUT2D eigenvalue weighted by Crippen LogP contribution is -1.98. The van der Waals surface area contributed by atoms with Crippen molar-refractivity contribution in [1.29, 1.82) is 0 Å². The second-order valence-electron chi connectivity index (χ2n) is 5.91. The topological polar surface area (TPSA) is 38.9 Å². The van der Waals surface area contributed by atoms with Crippen LogP contribution in [0, 0.1) is 5.82 Å². The van der Waals surface area contributed by atoms with E-state index in [1.165, 1.54) is 23.4 Å². The molecule has 0 unspecified atom stereocenters. The fourth-order valence-electron chi connectivity index (χ4n) is 2.51. The van der Waals surface area contributed by atoms with Gasteiger partial charge in [0.15, 0.2) is 0 Å². The van der Waals surface area contributed by atoms with Gasteiger partial charge in [-0.1, -0.05) is 66.7 Å². The lowest BCUT2D eigenvalue weighted by Gasteiger charge is -2.10. The fraction of sp³-hybridized carbons (Fsp3) is 0.263. The second kappa shape index (κ2) is 8.02. The van der Waals surface area contributed by atoms with Crippen molar-refractivity contribution < 1.29 is 8.81 Å². The highest BCUT2D eigenvalue weighted by Gasteiger charge is 2.16. The minimum atomic E-state index is -0.419. The van der Waals surface area contributed by atoms with Crippen molar-refractivity contribution in [3.8, 4) is 0 Å². The van der Waals surface area contributed by atoms with Crippen molar-refractivity contribution in [2.75, 3.05) is 0 Å². The highest BCUT2D eigenvalue weighted by atomic mass is 35.5. The van der Waals surface area contributed by atoms with Crippen molar-refractivity contribution in [2.45, 2.75) is 36.7 Å². The van der Waals surface area contributed by atoms with Crippen molar-refractivity contribution >= 4 is 23.4 Å². The van der Waals surface area contributed by atoms with E-state index in [9.17, 15) is 4.39 Å². The summed E-state index contributed by atoms with van der Waals surface area (Å²) in [6.07, 6.45) is 0.689. The third-order valence-electron chi connectivity index (χ3n) is 3.99. The first-order valence-electron chi connectivity index (χ1n) is 8.02. The van der Waals surface area contributed by atoms with E-state index in [0.717, 1.165) is 5.56 Å². The first kappa shape index (κ1) is 18.0. The first-order chi connectivity index (χ1) is 12.0. The summed E-state index contributed by atoms with van der Waals surface area (Å²) >= 11 is 7.28. The summed E-state index contributed by atoms with van der Waals surface area (Å²) in [7, 11) is 0. The molecule has 3 aromatic rings. The van der Waals surface area contributed by atoms with Crippen LogP contribution in [0.4, 0.5) is 4.39 Å². The molecule has 1 aromatic heterocycles. The summed E-state index contributed by atoms with van der Waals surface area (Å²) in [5.74, 6) is 0.494. The van der Waals surface area contributed by atoms with Gasteiger partial charge in [-0.2, -0.15) is 0 Å². The fourth-order valence-corrected chi connectivity index (χ4v) is 3.52. The number of aromatic nitrogens is 2. The Kier molecular flexibility index (Phi) is 5.76. The van der Waals surface area contributed by atoms with Crippen LogP contribution in [0.15, 0.2) is 58.2 Å². The van der Waals surface area contributed by atoms with Gasteiger partial charge in [0.05, 0.1) is 5.02 Å². The largest absolute Gasteiger partial charge is 0.416 e. The normalized spacial score (nSPS) is 13.6. The molecule has 0 aliphatic rings. The van der Waals surface area contributed by atoms with E-state index in [4.69, 9.17) is 16.0 Å². The number of rotatable bonds is 6. The van der Waals surface area contributed by atoms with Crippen molar-refractivity contribution in [1.82, 2.24) is 10.2 Å². The SMILES string of the molecule is C[C@H](Sc1nnc(C[C@H](C)c2ccccc2)o1)c1ccc(F)c(Cl)c1. The molecule has 25 heavy (non-hydrogen) atoms. The Balaban J connectivity index is 1.64. The van der Waals surface area contributed by atoms with E-state index in [2.05, 4.69) is 29.3 Å². The van der Waals surface area contributed by atoms with E-state index in [-0.39, 0.29) is 10.3 Å². The van der Waals surface area contributed by atoms with Crippen LogP contribution in [0.2, 0.25) is 5.02 Å². The van der Waals surface area contributed by atoms with Crippen molar-refractivity contribution in [2.24, 2.45) is 0 Å². The number of benzene rings is 2. The summed E-state index contributed by atoms with van der Waals surface area (Å²) in [6, 6.07) is 15.0. The van der Waals surface area contributed by atoms with E-state index >= 15 is 0 Å². The summed E-state index contributed by atoms with van der Waals surface area (Å²) in [4.78, 5) is 0. The van der Waals surface area contributed by atoms with Gasteiger partial charge >= 0.3 is 0 Å². The molecule has 3 nitrogen and oxygen atoms in total. The molecule has 0 saturated carbocycles. The van der Waals surface area contributed by atoms with Gasteiger partial charge in [0.1, 0.15) is 5.82 Å². The van der Waals surface area contributed by atoms with Gasteiger partial charge in [0.2, 0.25) is 5.89 Å². The maximum absolute atomic E-state index is 13.3. The van der Waals surface area contributed by atoms with Crippen molar-refractivity contribution in [3.63, 3.8) is 0 Å². The summed E-state index contributed by atoms with van der Waals surface area (Å²) < 4.78 is 19.0. The molecular weight excluding hydrogens is 359 g/mol. The summed E-state index contributed by atoms with van der Waals surface area (Å²) in [6.45, 7) is 4.13. The van der Waals surface area contributed by atoms with Crippen LogP contribution in [0.3, 0.4) is 0 Å². The molecule has 2 atom stereocenters. The molecule has 1 heterocycles. The molecule has 0 radical (unpaired) electrons. The third kappa shape index (κ3) is 4.61. The summed E-state index contributed by atoms with van der Waals surface area (Å²) in [5.41, 5.74) is 2.15. The quantitative estimate of drug-likeness (QED) is 0.490. The molecule has 0 N–H and O–H groups in total. The van der Waals surface area contributed by atoms with E-state index in [0.29, 0.717) is 23.5 Å². The molecule has 0 saturated heterocycles. The van der Waals surface area contributed by atoms with Crippen LogP contribution in [-0.2, 0) is 6.42 Å². The monoisotopic (exact) mass is 376 g/mol. The van der Waals surface area contributed by atoms with Gasteiger partial charge in [-0.3, -0.25) is 0 Å². The molecule has 6 heteroatoms. The Morgan fingerprint density at radius 1 is 1.08 bits per heavy atom. The van der Waals surface area contributed by atoms with Crippen LogP contribution in [-0.4, -0.2) is 10.2 Å². The molecule has 0 aliphatic carbocycles. The van der Waals surface area contributed by atoms with E-state index in [1.807, 2.05) is 25.1 Å². The summed E-state index contributed by atoms with van der Waals surface area (Å²) in [5, 5.41) is 8.89. The van der Waals surface area contributed by atoms with Crippen LogP contribution in [0.1, 0.15) is 42.0 Å². The molecular formula is C19H18ClFN2OS. The lowest BCUT2D eigenvalue weighted by atomic mass is 9.98. The standard InChI is InChI=1S/C19H18ClFN2OS/c1-12(14-6-4-3-5-7-14)10-18-22-23-19(24-18)25-13(2)15-8-9-17(21)16(20)11-15/h3-9,11-13H,10H2,1-2H3/t12-,13-/m0/s1. The Labute approximate surface area is 155 Å². The molecule has 0 fully saturated rings. The van der Waals surface area contributed by atoms with Gasteiger partial charge in [-0.15, -0.1) is 10.2 Å². The average Bonchev–Trinajstić information content (AvgIpc) is 3.04. The van der Waals surface area contributed by atoms with Gasteiger partial charge in [0, 0.05) is 11.7 Å². The third-order valence-corrected chi connectivity index (χ3v) is 5.27. The van der Waals surface area contributed by atoms with Crippen LogP contribution in [0.5, 0.6) is 0 Å². The highest BCUT2D eigenvalue weighted by Crippen LogP contribution is 2.35. The van der Waals surface area contributed by atoms with Gasteiger partial charge in [-0.05, 0) is 36.1 Å². The van der Waals surface area contributed by atoms with Gasteiger partial charge in [-0.25, -0.2) is 4.39 Å². The predicted molar refractivity (Wildman–Crippen MR) is 98.5 cm³/mol. The van der Waals surface area contributed by atoms with Crippen LogP contribution >= 0.6 is 23.4 Å². The minimum Gasteiger partial charge on any atom is -0.416 e. The molecule has 0 spiro atoms. The first-order valence-corrected chi connectivity index (χ1v) is 9.27. The number of nitrogens with zero attached hydrogens (tertiary/aromatic N) is 2. The zero-order chi connectivity index (χ0) is 17.8. The zero-order valence-electron chi connectivity index (χ0n) is 13.9. The number of thioether (sulfide) groups is 1. The maximum atomic E-state index is 13.3. The molecule has 130 valence electrons. The van der Waals surface area contributed by atoms with E-state index in [1.54, 1.807) is 12.1 Å². The maximum Gasteiger partial charge on any atom is 0.277 e. The number of hydrogen-bond acceptors (Lipinski definition) is 4. The molecule has 3 rings (SSSR count).